The van der Waals surface area contributed by atoms with Crippen molar-refractivity contribution in [2.45, 2.75) is 23.0 Å². The molecule has 1 aliphatic heterocycles. The maximum atomic E-state index is 2.42. The van der Waals surface area contributed by atoms with Gasteiger partial charge in [0.05, 0.1) is 0 Å². The maximum absolute atomic E-state index is 2.42. The van der Waals surface area contributed by atoms with E-state index in [2.05, 4.69) is 289 Å². The minimum atomic E-state index is -0.0656. The van der Waals surface area contributed by atoms with E-state index < -0.39 is 0 Å². The molecular formula is C67H49N3S2. The van der Waals surface area contributed by atoms with Crippen LogP contribution in [0.2, 0.25) is 0 Å². The summed E-state index contributed by atoms with van der Waals surface area (Å²) in [4.78, 5) is 8.39. The molecule has 11 aromatic rings. The number of hydrogen-bond acceptors (Lipinski definition) is 5. The summed E-state index contributed by atoms with van der Waals surface area (Å²) in [6.07, 6.45) is 5.68. The molecule has 72 heavy (non-hydrogen) atoms. The van der Waals surface area contributed by atoms with Gasteiger partial charge in [-0.3, -0.25) is 0 Å². The lowest BCUT2D eigenvalue weighted by Gasteiger charge is -2.30. The van der Waals surface area contributed by atoms with Crippen molar-refractivity contribution in [2.24, 2.45) is 0 Å². The first-order chi connectivity index (χ1) is 35.5. The Bertz CT molecular complexity index is 3720. The number of anilines is 9. The van der Waals surface area contributed by atoms with Crippen LogP contribution in [0, 0.1) is 0 Å². The fourth-order valence-corrected chi connectivity index (χ4v) is 13.2. The van der Waals surface area contributed by atoms with E-state index >= 15 is 0 Å². The average molecular weight is 960 g/mol. The molecule has 0 amide bonds. The number of benzene rings is 10. The van der Waals surface area contributed by atoms with Gasteiger partial charge in [-0.25, -0.2) is 0 Å². The number of thiophene rings is 1. The summed E-state index contributed by atoms with van der Waals surface area (Å²) < 4.78 is 2.51. The minimum absolute atomic E-state index is 0.0656. The third-order valence-corrected chi connectivity index (χ3v) is 16.7. The molecule has 344 valence electrons. The molecule has 5 heteroatoms. The zero-order valence-electron chi connectivity index (χ0n) is 39.8. The lowest BCUT2D eigenvalue weighted by Crippen LogP contribution is -2.20. The van der Waals surface area contributed by atoms with Crippen LogP contribution in [0.4, 0.5) is 51.2 Å². The Morgan fingerprint density at radius 1 is 0.347 bits per heavy atom. The molecule has 0 saturated heterocycles. The molecule has 1 aliphatic carbocycles. The maximum Gasteiger partial charge on any atom is 0.0474 e. The fraction of sp³-hybridized carbons (Fsp3) is 0.0448. The molecule has 2 heterocycles. The van der Waals surface area contributed by atoms with Gasteiger partial charge in [0, 0.05) is 81.0 Å². The summed E-state index contributed by atoms with van der Waals surface area (Å²) >= 11 is 3.86. The molecule has 2 aliphatic rings. The van der Waals surface area contributed by atoms with Crippen LogP contribution in [0.15, 0.2) is 272 Å². The van der Waals surface area contributed by atoms with Crippen LogP contribution >= 0.6 is 23.1 Å². The second-order valence-electron chi connectivity index (χ2n) is 18.7. The molecule has 1 unspecified atom stereocenters. The van der Waals surface area contributed by atoms with Crippen molar-refractivity contribution in [1.82, 2.24) is 0 Å². The van der Waals surface area contributed by atoms with E-state index in [1.165, 1.54) is 64.2 Å². The largest absolute Gasteiger partial charge is 0.311 e. The standard InChI is InChI=1S/C67H49N3S2/c1-67-46-50(32-40-63(67)62-45-59(38-42-65(62)72-67)70(54-23-13-5-14-24-54)55-25-15-6-16-26-55)48-29-35-57(36-30-48)68(51-17-7-2-8-18-51)56-33-27-47(28-34-56)49-31-39-60-61-44-58(37-41-64(61)71-66(60)43-49)69(52-19-9-3-10-20-52)53-21-11-4-12-22-53/h2-45H,46H2,1H3. The Morgan fingerprint density at radius 2 is 0.778 bits per heavy atom. The molecule has 0 fully saturated rings. The smallest absolute Gasteiger partial charge is 0.0474 e. The van der Waals surface area contributed by atoms with E-state index in [-0.39, 0.29) is 4.75 Å². The zero-order chi connectivity index (χ0) is 48.0. The number of thioether (sulfide) groups is 1. The second kappa shape index (κ2) is 18.4. The van der Waals surface area contributed by atoms with E-state index in [0.717, 1.165) is 51.9 Å². The lowest BCUT2D eigenvalue weighted by molar-refractivity contribution is 0.842. The monoisotopic (exact) mass is 959 g/mol. The topological polar surface area (TPSA) is 9.72 Å². The summed E-state index contributed by atoms with van der Waals surface area (Å²) in [7, 11) is 0. The summed E-state index contributed by atoms with van der Waals surface area (Å²) in [5, 5.41) is 2.56. The summed E-state index contributed by atoms with van der Waals surface area (Å²) in [6.45, 7) is 2.42. The Balaban J connectivity index is 0.774. The third kappa shape index (κ3) is 8.07. The molecule has 0 N–H and O–H groups in total. The van der Waals surface area contributed by atoms with Gasteiger partial charge in [-0.15, -0.1) is 23.1 Å². The molecule has 0 spiro atoms. The highest BCUT2D eigenvalue weighted by Gasteiger charge is 2.41. The van der Waals surface area contributed by atoms with Crippen molar-refractivity contribution >= 4 is 106 Å². The van der Waals surface area contributed by atoms with E-state index in [1.54, 1.807) is 0 Å². The quantitative estimate of drug-likeness (QED) is 0.128. The van der Waals surface area contributed by atoms with Gasteiger partial charge in [-0.2, -0.15) is 0 Å². The first-order valence-corrected chi connectivity index (χ1v) is 26.2. The van der Waals surface area contributed by atoms with Crippen molar-refractivity contribution in [1.29, 1.82) is 0 Å². The molecular weight excluding hydrogens is 911 g/mol. The molecule has 0 radical (unpaired) electrons. The van der Waals surface area contributed by atoms with Crippen molar-refractivity contribution in [3.05, 3.63) is 278 Å². The van der Waals surface area contributed by atoms with Gasteiger partial charge in [0.2, 0.25) is 0 Å². The van der Waals surface area contributed by atoms with Gasteiger partial charge in [0.25, 0.3) is 0 Å². The predicted octanol–water partition coefficient (Wildman–Crippen LogP) is 19.9. The lowest BCUT2D eigenvalue weighted by atomic mass is 9.82. The molecule has 0 bridgehead atoms. The predicted molar refractivity (Wildman–Crippen MR) is 310 cm³/mol. The first-order valence-electron chi connectivity index (χ1n) is 24.6. The van der Waals surface area contributed by atoms with Crippen molar-refractivity contribution in [3.63, 3.8) is 0 Å². The van der Waals surface area contributed by atoms with Gasteiger partial charge in [-0.05, 0) is 174 Å². The highest BCUT2D eigenvalue weighted by atomic mass is 32.2. The molecule has 1 atom stereocenters. The highest BCUT2D eigenvalue weighted by molar-refractivity contribution is 8.01. The Kier molecular flexibility index (Phi) is 11.2. The Morgan fingerprint density at radius 3 is 1.31 bits per heavy atom. The molecule has 13 rings (SSSR count). The number of hydrogen-bond donors (Lipinski definition) is 0. The van der Waals surface area contributed by atoms with Gasteiger partial charge in [0.15, 0.2) is 0 Å². The zero-order valence-corrected chi connectivity index (χ0v) is 41.4. The first kappa shape index (κ1) is 43.7. The van der Waals surface area contributed by atoms with Crippen molar-refractivity contribution in [3.8, 4) is 11.1 Å². The molecule has 10 aromatic carbocycles. The van der Waals surface area contributed by atoms with E-state index in [9.17, 15) is 0 Å². The van der Waals surface area contributed by atoms with Crippen molar-refractivity contribution < 1.29 is 0 Å². The Labute approximate surface area is 429 Å². The van der Waals surface area contributed by atoms with Crippen LogP contribution < -0.4 is 14.7 Å². The van der Waals surface area contributed by atoms with Crippen LogP contribution in [0.1, 0.15) is 24.5 Å². The molecule has 3 nitrogen and oxygen atoms in total. The van der Waals surface area contributed by atoms with Crippen molar-refractivity contribution in [2.75, 3.05) is 14.7 Å². The van der Waals surface area contributed by atoms with Gasteiger partial charge >= 0.3 is 0 Å². The minimum Gasteiger partial charge on any atom is -0.311 e. The van der Waals surface area contributed by atoms with Gasteiger partial charge in [-0.1, -0.05) is 140 Å². The normalized spacial score (nSPS) is 14.8. The van der Waals surface area contributed by atoms with E-state index in [0.29, 0.717) is 0 Å². The number of rotatable bonds is 11. The molecule has 0 saturated carbocycles. The van der Waals surface area contributed by atoms with Gasteiger partial charge < -0.3 is 14.7 Å². The third-order valence-electron chi connectivity index (χ3n) is 14.1. The van der Waals surface area contributed by atoms with E-state index in [1.807, 2.05) is 23.1 Å². The number of allylic oxidation sites excluding steroid dienone is 3. The fourth-order valence-electron chi connectivity index (χ4n) is 10.7. The summed E-state index contributed by atoms with van der Waals surface area (Å²) in [6, 6.07) is 92.3. The SMILES string of the molecule is CC12CC(c3ccc(N(c4ccccc4)c4ccc(-c5ccc6c(c5)sc5ccc(N(c7ccccc7)c7ccccc7)cc56)cc4)cc3)=CC=C1c1cc(N(c3ccccc3)c3ccccc3)ccc1S2. The Hall–Kier alpha value is -8.35. The van der Waals surface area contributed by atoms with Gasteiger partial charge in [0.1, 0.15) is 0 Å². The van der Waals surface area contributed by atoms with Crippen LogP contribution in [-0.2, 0) is 0 Å². The van der Waals surface area contributed by atoms with Crippen LogP contribution in [0.25, 0.3) is 42.4 Å². The number of para-hydroxylation sites is 5. The summed E-state index contributed by atoms with van der Waals surface area (Å²) in [5.74, 6) is 0. The highest BCUT2D eigenvalue weighted by Crippen LogP contribution is 2.59. The van der Waals surface area contributed by atoms with Crippen LogP contribution in [0.5, 0.6) is 0 Å². The van der Waals surface area contributed by atoms with Crippen LogP contribution in [0.3, 0.4) is 0 Å². The summed E-state index contributed by atoms with van der Waals surface area (Å²) in [5.41, 5.74) is 18.0. The molecule has 1 aromatic heterocycles. The number of nitrogens with zero attached hydrogens (tertiary/aromatic N) is 3. The average Bonchev–Trinajstić information content (AvgIpc) is 3.96. The van der Waals surface area contributed by atoms with E-state index in [4.69, 9.17) is 0 Å². The van der Waals surface area contributed by atoms with Crippen LogP contribution in [-0.4, -0.2) is 4.75 Å². The second-order valence-corrected chi connectivity index (χ2v) is 21.4. The number of fused-ring (bicyclic) bond motifs is 6.